The third-order valence-corrected chi connectivity index (χ3v) is 6.78. The lowest BCUT2D eigenvalue weighted by Gasteiger charge is -2.48. The van der Waals surface area contributed by atoms with E-state index in [-0.39, 0.29) is 34.6 Å². The van der Waals surface area contributed by atoms with Crippen molar-refractivity contribution in [2.45, 2.75) is 66.9 Å². The van der Waals surface area contributed by atoms with Gasteiger partial charge in [0.2, 0.25) is 0 Å². The molecule has 0 saturated heterocycles. The summed E-state index contributed by atoms with van der Waals surface area (Å²) in [6.07, 6.45) is 3.97. The lowest BCUT2D eigenvalue weighted by Crippen LogP contribution is -2.45. The molecule has 0 radical (unpaired) electrons. The Labute approximate surface area is 139 Å². The van der Waals surface area contributed by atoms with E-state index in [0.717, 1.165) is 18.4 Å². The van der Waals surface area contributed by atoms with Gasteiger partial charge in [0.25, 0.3) is 0 Å². The largest absolute Gasteiger partial charge is 0.458 e. The number of ketones is 1. The molecule has 3 aliphatic carbocycles. The van der Waals surface area contributed by atoms with Crippen molar-refractivity contribution in [3.8, 4) is 0 Å². The van der Waals surface area contributed by atoms with E-state index >= 15 is 0 Å². The van der Waals surface area contributed by atoms with Crippen molar-refractivity contribution < 1.29 is 14.3 Å². The minimum absolute atomic E-state index is 0.0108. The summed E-state index contributed by atoms with van der Waals surface area (Å²) in [6.45, 7) is 13.1. The van der Waals surface area contributed by atoms with Crippen LogP contribution in [0.15, 0.2) is 11.6 Å². The van der Waals surface area contributed by atoms with Crippen LogP contribution in [0.5, 0.6) is 0 Å². The van der Waals surface area contributed by atoms with Gasteiger partial charge in [-0.15, -0.1) is 0 Å². The van der Waals surface area contributed by atoms with Gasteiger partial charge in [-0.25, -0.2) is 0 Å². The van der Waals surface area contributed by atoms with E-state index in [9.17, 15) is 9.59 Å². The van der Waals surface area contributed by atoms with E-state index in [1.807, 2.05) is 19.9 Å². The van der Waals surface area contributed by atoms with Gasteiger partial charge in [-0.3, -0.25) is 9.59 Å². The predicted octanol–water partition coefficient (Wildman–Crippen LogP) is 4.16. The van der Waals surface area contributed by atoms with E-state index in [1.165, 1.54) is 0 Å². The molecule has 2 fully saturated rings. The Morgan fingerprint density at radius 1 is 1.30 bits per heavy atom. The molecule has 3 rings (SSSR count). The lowest BCUT2D eigenvalue weighted by atomic mass is 9.58. The SMILES string of the molecule is CC(C)CC(=O)O[C@@H]1CC[C@@H](C)[C@@]2(C)C1=CC(=O)[C@@H]1[C@H]2C1(C)C. The summed E-state index contributed by atoms with van der Waals surface area (Å²) < 4.78 is 5.81. The summed E-state index contributed by atoms with van der Waals surface area (Å²) in [5.74, 6) is 1.48. The normalized spacial score (nSPS) is 41.0. The van der Waals surface area contributed by atoms with Crippen LogP contribution >= 0.6 is 0 Å². The molecule has 2 saturated carbocycles. The molecule has 0 heterocycles. The van der Waals surface area contributed by atoms with E-state index in [2.05, 4.69) is 27.7 Å². The van der Waals surface area contributed by atoms with Crippen molar-refractivity contribution in [3.05, 3.63) is 11.6 Å². The molecule has 0 aliphatic heterocycles. The van der Waals surface area contributed by atoms with Crippen molar-refractivity contribution >= 4 is 11.8 Å². The second-order valence-electron chi connectivity index (χ2n) is 9.12. The third-order valence-electron chi connectivity index (χ3n) is 6.78. The molecule has 0 N–H and O–H groups in total. The lowest BCUT2D eigenvalue weighted by molar-refractivity contribution is -0.151. The fraction of sp³-hybridized carbons (Fsp3) is 0.800. The Morgan fingerprint density at radius 2 is 1.96 bits per heavy atom. The first-order chi connectivity index (χ1) is 10.6. The molecule has 0 amide bonds. The molecule has 3 aliphatic rings. The highest BCUT2D eigenvalue weighted by atomic mass is 16.5. The van der Waals surface area contributed by atoms with E-state index < -0.39 is 0 Å². The van der Waals surface area contributed by atoms with Crippen LogP contribution in [-0.2, 0) is 14.3 Å². The molecule has 3 heteroatoms. The number of hydrogen-bond donors (Lipinski definition) is 0. The third kappa shape index (κ3) is 2.38. The number of esters is 1. The van der Waals surface area contributed by atoms with Crippen molar-refractivity contribution in [1.82, 2.24) is 0 Å². The second kappa shape index (κ2) is 5.19. The Bertz CT molecular complexity index is 571. The maximum absolute atomic E-state index is 12.5. The van der Waals surface area contributed by atoms with Gasteiger partial charge in [0.05, 0.1) is 0 Å². The zero-order chi connectivity index (χ0) is 17.2. The summed E-state index contributed by atoms with van der Waals surface area (Å²) >= 11 is 0. The van der Waals surface area contributed by atoms with Crippen molar-refractivity contribution in [2.75, 3.05) is 0 Å². The Balaban J connectivity index is 1.89. The van der Waals surface area contributed by atoms with Crippen LogP contribution in [0, 0.1) is 34.5 Å². The maximum atomic E-state index is 12.5. The molecule has 0 aromatic heterocycles. The molecule has 5 atom stereocenters. The monoisotopic (exact) mass is 318 g/mol. The molecule has 0 spiro atoms. The highest BCUT2D eigenvalue weighted by molar-refractivity contribution is 5.97. The molecule has 0 bridgehead atoms. The Hall–Kier alpha value is -1.12. The summed E-state index contributed by atoms with van der Waals surface area (Å²) in [5.41, 5.74) is 1.15. The van der Waals surface area contributed by atoms with Crippen LogP contribution in [0.1, 0.15) is 60.8 Å². The number of fused-ring (bicyclic) bond motifs is 3. The van der Waals surface area contributed by atoms with Gasteiger partial charge in [0.1, 0.15) is 6.10 Å². The average molecular weight is 318 g/mol. The van der Waals surface area contributed by atoms with E-state index in [1.54, 1.807) is 0 Å². The molecular formula is C20H30O3. The summed E-state index contributed by atoms with van der Waals surface area (Å²) in [4.78, 5) is 24.7. The highest BCUT2D eigenvalue weighted by Gasteiger charge is 2.72. The molecule has 0 unspecified atom stereocenters. The highest BCUT2D eigenvalue weighted by Crippen LogP contribution is 2.73. The van der Waals surface area contributed by atoms with Gasteiger partial charge in [-0.05, 0) is 53.1 Å². The first-order valence-electron chi connectivity index (χ1n) is 9.05. The second-order valence-corrected chi connectivity index (χ2v) is 9.12. The van der Waals surface area contributed by atoms with Crippen LogP contribution in [0.25, 0.3) is 0 Å². The summed E-state index contributed by atoms with van der Waals surface area (Å²) in [6, 6.07) is 0. The van der Waals surface area contributed by atoms with Crippen LogP contribution in [0.2, 0.25) is 0 Å². The fourth-order valence-corrected chi connectivity index (χ4v) is 5.42. The van der Waals surface area contributed by atoms with Crippen LogP contribution in [0.3, 0.4) is 0 Å². The summed E-state index contributed by atoms with van der Waals surface area (Å²) in [5, 5.41) is 0. The number of carbonyl (C=O) groups excluding carboxylic acids is 2. The number of hydrogen-bond acceptors (Lipinski definition) is 3. The quantitative estimate of drug-likeness (QED) is 0.734. The van der Waals surface area contributed by atoms with Gasteiger partial charge in [-0.2, -0.15) is 0 Å². The maximum Gasteiger partial charge on any atom is 0.306 e. The molecule has 23 heavy (non-hydrogen) atoms. The van der Waals surface area contributed by atoms with Gasteiger partial charge >= 0.3 is 5.97 Å². The van der Waals surface area contributed by atoms with Gasteiger partial charge in [0, 0.05) is 12.3 Å². The molecule has 0 aromatic rings. The fourth-order valence-electron chi connectivity index (χ4n) is 5.42. The molecular weight excluding hydrogens is 288 g/mol. The van der Waals surface area contributed by atoms with Crippen molar-refractivity contribution in [3.63, 3.8) is 0 Å². The minimum atomic E-state index is -0.205. The van der Waals surface area contributed by atoms with Crippen molar-refractivity contribution in [1.29, 1.82) is 0 Å². The number of rotatable bonds is 3. The predicted molar refractivity (Wildman–Crippen MR) is 89.7 cm³/mol. The molecule has 0 aromatic carbocycles. The van der Waals surface area contributed by atoms with Crippen LogP contribution in [0.4, 0.5) is 0 Å². The Kier molecular flexibility index (Phi) is 3.77. The molecule has 3 nitrogen and oxygen atoms in total. The number of carbonyl (C=O) groups is 2. The topological polar surface area (TPSA) is 43.4 Å². The molecule has 128 valence electrons. The van der Waals surface area contributed by atoms with E-state index in [4.69, 9.17) is 4.74 Å². The number of ether oxygens (including phenoxy) is 1. The van der Waals surface area contributed by atoms with Crippen LogP contribution < -0.4 is 0 Å². The van der Waals surface area contributed by atoms with Crippen molar-refractivity contribution in [2.24, 2.45) is 34.5 Å². The Morgan fingerprint density at radius 3 is 2.57 bits per heavy atom. The van der Waals surface area contributed by atoms with Crippen LogP contribution in [-0.4, -0.2) is 17.9 Å². The van der Waals surface area contributed by atoms with Gasteiger partial charge < -0.3 is 4.74 Å². The zero-order valence-corrected chi connectivity index (χ0v) is 15.3. The summed E-state index contributed by atoms with van der Waals surface area (Å²) in [7, 11) is 0. The minimum Gasteiger partial charge on any atom is -0.458 e. The number of allylic oxidation sites excluding steroid dienone is 1. The first-order valence-corrected chi connectivity index (χ1v) is 9.05. The van der Waals surface area contributed by atoms with E-state index in [0.29, 0.717) is 24.2 Å². The van der Waals surface area contributed by atoms with Gasteiger partial charge in [-0.1, -0.05) is 41.5 Å². The standard InChI is InChI=1S/C20H30O3/c1-11(2)9-16(22)23-15-8-7-12(3)20(6)13(15)10-14(21)17-18(20)19(17,4)5/h10-12,15,17-18H,7-9H2,1-6H3/t12-,15-,17-,18+,20+/m1/s1. The first kappa shape index (κ1) is 16.7. The van der Waals surface area contributed by atoms with Gasteiger partial charge in [0.15, 0.2) is 5.78 Å². The average Bonchev–Trinajstić information content (AvgIpc) is 3.01. The smallest absolute Gasteiger partial charge is 0.306 e. The zero-order valence-electron chi connectivity index (χ0n) is 15.3.